The molecular weight excluding hydrogens is 214 g/mol. The van der Waals surface area contributed by atoms with E-state index >= 15 is 0 Å². The molecule has 0 spiro atoms. The zero-order chi connectivity index (χ0) is 12.1. The molecule has 1 aromatic rings. The van der Waals surface area contributed by atoms with Crippen LogP contribution in [0.1, 0.15) is 30.5 Å². The lowest BCUT2D eigenvalue weighted by Gasteiger charge is -2.30. The lowest BCUT2D eigenvalue weighted by atomic mass is 9.98. The van der Waals surface area contributed by atoms with E-state index in [1.165, 1.54) is 11.1 Å². The second-order valence-electron chi connectivity index (χ2n) is 4.49. The van der Waals surface area contributed by atoms with Crippen LogP contribution in [0.3, 0.4) is 0 Å². The van der Waals surface area contributed by atoms with Crippen LogP contribution in [0.15, 0.2) is 24.3 Å². The molecule has 1 aliphatic rings. The summed E-state index contributed by atoms with van der Waals surface area (Å²) in [4.78, 5) is 0. The highest BCUT2D eigenvalue weighted by Crippen LogP contribution is 2.24. The first-order valence-electron chi connectivity index (χ1n) is 6.25. The number of nitrogens with one attached hydrogen (secondary N) is 1. The van der Waals surface area contributed by atoms with Crippen LogP contribution in [-0.4, -0.2) is 26.4 Å². The number of fused-ring (bicyclic) bond motifs is 1. The van der Waals surface area contributed by atoms with Gasteiger partial charge in [-0.3, -0.25) is 0 Å². The van der Waals surface area contributed by atoms with Gasteiger partial charge in [-0.05, 0) is 17.5 Å². The van der Waals surface area contributed by atoms with Crippen molar-refractivity contribution in [3.63, 3.8) is 0 Å². The summed E-state index contributed by atoms with van der Waals surface area (Å²) in [7, 11) is 1.75. The Morgan fingerprint density at radius 3 is 3.06 bits per heavy atom. The minimum Gasteiger partial charge on any atom is -0.383 e. The van der Waals surface area contributed by atoms with E-state index in [2.05, 4.69) is 36.5 Å². The SMILES string of the molecule is CCC(COC)NC1COCc2ccccc21. The molecule has 2 rings (SSSR count). The summed E-state index contributed by atoms with van der Waals surface area (Å²) in [6.45, 7) is 4.40. The van der Waals surface area contributed by atoms with Gasteiger partial charge in [0.15, 0.2) is 0 Å². The van der Waals surface area contributed by atoms with E-state index in [9.17, 15) is 0 Å². The Bertz CT molecular complexity index is 354. The molecule has 3 heteroatoms. The quantitative estimate of drug-likeness (QED) is 0.849. The molecule has 0 fully saturated rings. The maximum atomic E-state index is 5.63. The van der Waals surface area contributed by atoms with Crippen molar-refractivity contribution in [3.05, 3.63) is 35.4 Å². The molecule has 17 heavy (non-hydrogen) atoms. The maximum absolute atomic E-state index is 5.63. The van der Waals surface area contributed by atoms with Gasteiger partial charge in [0.1, 0.15) is 0 Å². The van der Waals surface area contributed by atoms with E-state index in [0.29, 0.717) is 12.1 Å². The van der Waals surface area contributed by atoms with Gasteiger partial charge in [-0.25, -0.2) is 0 Å². The highest BCUT2D eigenvalue weighted by Gasteiger charge is 2.22. The van der Waals surface area contributed by atoms with Crippen LogP contribution < -0.4 is 5.32 Å². The van der Waals surface area contributed by atoms with Crippen LogP contribution in [0, 0.1) is 0 Å². The van der Waals surface area contributed by atoms with Crippen molar-refractivity contribution >= 4 is 0 Å². The highest BCUT2D eigenvalue weighted by atomic mass is 16.5. The summed E-state index contributed by atoms with van der Waals surface area (Å²) < 4.78 is 10.8. The summed E-state index contributed by atoms with van der Waals surface area (Å²) in [5.41, 5.74) is 2.66. The van der Waals surface area contributed by atoms with Crippen molar-refractivity contribution in [2.24, 2.45) is 0 Å². The molecule has 1 aromatic carbocycles. The third kappa shape index (κ3) is 3.06. The van der Waals surface area contributed by atoms with E-state index in [4.69, 9.17) is 9.47 Å². The minimum absolute atomic E-state index is 0.292. The molecule has 3 nitrogen and oxygen atoms in total. The molecule has 0 bridgehead atoms. The predicted octanol–water partition coefficient (Wildman–Crippen LogP) is 2.27. The van der Waals surface area contributed by atoms with Crippen LogP contribution in [0.5, 0.6) is 0 Å². The van der Waals surface area contributed by atoms with Gasteiger partial charge in [0.05, 0.1) is 25.9 Å². The van der Waals surface area contributed by atoms with Crippen LogP contribution in [0.4, 0.5) is 0 Å². The van der Waals surface area contributed by atoms with Gasteiger partial charge >= 0.3 is 0 Å². The molecule has 0 radical (unpaired) electrons. The summed E-state index contributed by atoms with van der Waals surface area (Å²) in [6, 6.07) is 9.17. The average molecular weight is 235 g/mol. The molecule has 0 saturated carbocycles. The smallest absolute Gasteiger partial charge is 0.0721 e. The monoisotopic (exact) mass is 235 g/mol. The van der Waals surface area contributed by atoms with Crippen LogP contribution >= 0.6 is 0 Å². The summed E-state index contributed by atoms with van der Waals surface area (Å²) >= 11 is 0. The second kappa shape index (κ2) is 6.15. The van der Waals surface area contributed by atoms with Gasteiger partial charge in [-0.1, -0.05) is 31.2 Å². The fourth-order valence-electron chi connectivity index (χ4n) is 2.29. The van der Waals surface area contributed by atoms with Gasteiger partial charge < -0.3 is 14.8 Å². The second-order valence-corrected chi connectivity index (χ2v) is 4.49. The molecule has 0 amide bonds. The summed E-state index contributed by atoms with van der Waals surface area (Å²) in [6.07, 6.45) is 1.06. The van der Waals surface area contributed by atoms with Crippen molar-refractivity contribution in [3.8, 4) is 0 Å². The highest BCUT2D eigenvalue weighted by molar-refractivity contribution is 5.31. The average Bonchev–Trinajstić information content (AvgIpc) is 2.38. The van der Waals surface area contributed by atoms with E-state index in [0.717, 1.165) is 26.2 Å². The molecular formula is C14H21NO2. The van der Waals surface area contributed by atoms with Gasteiger partial charge in [0, 0.05) is 13.2 Å². The Kier molecular flexibility index (Phi) is 4.54. The third-order valence-electron chi connectivity index (χ3n) is 3.27. The van der Waals surface area contributed by atoms with E-state index in [1.54, 1.807) is 7.11 Å². The first kappa shape index (κ1) is 12.6. The lowest BCUT2D eigenvalue weighted by molar-refractivity contribution is 0.0707. The molecule has 0 saturated heterocycles. The number of methoxy groups -OCH3 is 1. The first-order chi connectivity index (χ1) is 8.35. The van der Waals surface area contributed by atoms with Crippen molar-refractivity contribution in [2.75, 3.05) is 20.3 Å². The van der Waals surface area contributed by atoms with Gasteiger partial charge in [0.25, 0.3) is 0 Å². The molecule has 0 aliphatic carbocycles. The van der Waals surface area contributed by atoms with Crippen molar-refractivity contribution in [2.45, 2.75) is 32.0 Å². The molecule has 2 atom stereocenters. The lowest BCUT2D eigenvalue weighted by Crippen LogP contribution is -2.39. The largest absolute Gasteiger partial charge is 0.383 e. The van der Waals surface area contributed by atoms with Gasteiger partial charge in [-0.2, -0.15) is 0 Å². The third-order valence-corrected chi connectivity index (χ3v) is 3.27. The normalized spacial score (nSPS) is 20.9. The zero-order valence-electron chi connectivity index (χ0n) is 10.6. The van der Waals surface area contributed by atoms with E-state index in [1.807, 2.05) is 0 Å². The number of benzene rings is 1. The molecule has 1 heterocycles. The van der Waals surface area contributed by atoms with Crippen molar-refractivity contribution in [1.82, 2.24) is 5.32 Å². The fraction of sp³-hybridized carbons (Fsp3) is 0.571. The number of ether oxygens (including phenoxy) is 2. The fourth-order valence-corrected chi connectivity index (χ4v) is 2.29. The Morgan fingerprint density at radius 1 is 1.47 bits per heavy atom. The number of hydrogen-bond acceptors (Lipinski definition) is 3. The zero-order valence-corrected chi connectivity index (χ0v) is 10.6. The first-order valence-corrected chi connectivity index (χ1v) is 6.25. The van der Waals surface area contributed by atoms with E-state index < -0.39 is 0 Å². The van der Waals surface area contributed by atoms with Crippen LogP contribution in [0.2, 0.25) is 0 Å². The predicted molar refractivity (Wildman–Crippen MR) is 67.9 cm³/mol. The Hall–Kier alpha value is -0.900. The summed E-state index contributed by atoms with van der Waals surface area (Å²) in [5.74, 6) is 0. The van der Waals surface area contributed by atoms with Crippen LogP contribution in [0.25, 0.3) is 0 Å². The molecule has 2 unspecified atom stereocenters. The molecule has 94 valence electrons. The number of rotatable bonds is 5. The van der Waals surface area contributed by atoms with Gasteiger partial charge in [0.2, 0.25) is 0 Å². The number of hydrogen-bond donors (Lipinski definition) is 1. The Labute approximate surface area is 103 Å². The Morgan fingerprint density at radius 2 is 2.29 bits per heavy atom. The van der Waals surface area contributed by atoms with Gasteiger partial charge in [-0.15, -0.1) is 0 Å². The molecule has 0 aromatic heterocycles. The maximum Gasteiger partial charge on any atom is 0.0721 e. The molecule has 1 aliphatic heterocycles. The van der Waals surface area contributed by atoms with Crippen molar-refractivity contribution in [1.29, 1.82) is 0 Å². The summed E-state index contributed by atoms with van der Waals surface area (Å²) in [5, 5.41) is 3.61. The minimum atomic E-state index is 0.292. The van der Waals surface area contributed by atoms with E-state index in [-0.39, 0.29) is 0 Å². The van der Waals surface area contributed by atoms with Crippen LogP contribution in [-0.2, 0) is 16.1 Å². The standard InChI is InChI=1S/C14H21NO2/c1-3-12(9-16-2)15-14-10-17-8-11-6-4-5-7-13(11)14/h4-7,12,14-15H,3,8-10H2,1-2H3. The Balaban J connectivity index is 2.07. The van der Waals surface area contributed by atoms with Crippen molar-refractivity contribution < 1.29 is 9.47 Å². The molecule has 1 N–H and O–H groups in total. The topological polar surface area (TPSA) is 30.5 Å².